The lowest BCUT2D eigenvalue weighted by atomic mass is 9.89. The fourth-order valence-corrected chi connectivity index (χ4v) is 6.75. The smallest absolute Gasteiger partial charge is 0.342 e. The van der Waals surface area contributed by atoms with E-state index in [2.05, 4.69) is 44.8 Å². The number of fused-ring (bicyclic) bond motifs is 1. The second-order valence-corrected chi connectivity index (χ2v) is 22.0. The van der Waals surface area contributed by atoms with Gasteiger partial charge in [0.1, 0.15) is 24.5 Å². The molecule has 236 valence electrons. The summed E-state index contributed by atoms with van der Waals surface area (Å²) in [4.78, 5) is 27.7. The summed E-state index contributed by atoms with van der Waals surface area (Å²) in [5.74, 6) is 0.0940. The van der Waals surface area contributed by atoms with Gasteiger partial charge in [-0.25, -0.2) is 4.79 Å². The maximum absolute atomic E-state index is 13.1. The summed E-state index contributed by atoms with van der Waals surface area (Å²) in [5.41, 5.74) is 5.59. The van der Waals surface area contributed by atoms with Crippen molar-refractivity contribution >= 4 is 27.4 Å². The van der Waals surface area contributed by atoms with Crippen LogP contribution in [0.3, 0.4) is 0 Å². The number of hydrogen-bond acceptors (Lipinski definition) is 8. The number of morpholine rings is 1. The predicted octanol–water partition coefficient (Wildman–Crippen LogP) is 6.36. The predicted molar refractivity (Wildman–Crippen MR) is 171 cm³/mol. The molecule has 0 atom stereocenters. The highest BCUT2D eigenvalue weighted by Crippen LogP contribution is 2.45. The first-order valence-electron chi connectivity index (χ1n) is 15.2. The lowest BCUT2D eigenvalue weighted by Gasteiger charge is -2.38. The van der Waals surface area contributed by atoms with Crippen molar-refractivity contribution in [1.82, 2.24) is 4.90 Å². The molecule has 0 radical (unpaired) electrons. The maximum atomic E-state index is 13.1. The molecule has 1 aromatic rings. The zero-order valence-electron chi connectivity index (χ0n) is 27.3. The highest BCUT2D eigenvalue weighted by molar-refractivity contribution is 7.62. The molecule has 1 saturated heterocycles. The van der Waals surface area contributed by atoms with Gasteiger partial charge in [0.25, 0.3) is 8.32 Å². The van der Waals surface area contributed by atoms with Gasteiger partial charge in [0, 0.05) is 43.3 Å². The van der Waals surface area contributed by atoms with Crippen LogP contribution in [0.25, 0.3) is 0 Å². The molecular formula is C32H52NO7PSi. The Morgan fingerprint density at radius 2 is 1.79 bits per heavy atom. The van der Waals surface area contributed by atoms with E-state index in [0.29, 0.717) is 49.8 Å². The number of nitrogens with zero attached hydrogens (tertiary/aromatic N) is 1. The van der Waals surface area contributed by atoms with Crippen molar-refractivity contribution in [2.75, 3.05) is 58.9 Å². The summed E-state index contributed by atoms with van der Waals surface area (Å²) in [7, 11) is -4.59. The highest BCUT2D eigenvalue weighted by atomic mass is 31.2. The van der Waals surface area contributed by atoms with Crippen LogP contribution in [0.1, 0.15) is 73.1 Å². The van der Waals surface area contributed by atoms with Crippen LogP contribution in [0.15, 0.2) is 11.6 Å². The van der Waals surface area contributed by atoms with E-state index in [9.17, 15) is 14.2 Å². The van der Waals surface area contributed by atoms with E-state index in [-0.39, 0.29) is 23.6 Å². The third kappa shape index (κ3) is 9.28. The van der Waals surface area contributed by atoms with E-state index in [1.54, 1.807) is 0 Å². The van der Waals surface area contributed by atoms with Crippen molar-refractivity contribution in [3.63, 3.8) is 0 Å². The molecular weight excluding hydrogens is 569 g/mol. The van der Waals surface area contributed by atoms with E-state index in [1.165, 1.54) is 0 Å². The van der Waals surface area contributed by atoms with Crippen molar-refractivity contribution in [2.24, 2.45) is 0 Å². The van der Waals surface area contributed by atoms with Crippen LogP contribution in [-0.2, 0) is 43.0 Å². The van der Waals surface area contributed by atoms with E-state index in [4.69, 9.17) is 18.6 Å². The molecule has 0 amide bonds. The summed E-state index contributed by atoms with van der Waals surface area (Å²) in [5, 5.41) is -0.0683. The van der Waals surface area contributed by atoms with Gasteiger partial charge in [-0.2, -0.15) is 0 Å². The maximum Gasteiger partial charge on any atom is 0.342 e. The average molecular weight is 622 g/mol. The second kappa shape index (κ2) is 14.2. The number of hydrogen-bond donors (Lipinski definition) is 0. The summed E-state index contributed by atoms with van der Waals surface area (Å²) in [6.07, 6.45) is 4.81. The Hall–Kier alpha value is -1.93. The van der Waals surface area contributed by atoms with E-state index < -0.39 is 15.5 Å². The Morgan fingerprint density at radius 1 is 1.12 bits per heavy atom. The van der Waals surface area contributed by atoms with Gasteiger partial charge in [-0.05, 0) is 75.7 Å². The Bertz CT molecular complexity index is 1220. The molecule has 10 heteroatoms. The molecule has 0 unspecified atom stereocenters. The second-order valence-electron chi connectivity index (χ2n) is 13.7. The SMILES string of the molecule is C/C(=C\Cc1c(CCP(C)(C)=O)c(C)c2c(c1O[Si](C)(C)C(C)(C)C)C(=O)OC2)CCC(=O)OCCN1CCOCC1. The van der Waals surface area contributed by atoms with Gasteiger partial charge in [0.05, 0.1) is 20.4 Å². The number of allylic oxidation sites excluding steroid dienone is 2. The molecule has 0 N–H and O–H groups in total. The highest BCUT2D eigenvalue weighted by Gasteiger charge is 2.42. The number of esters is 2. The van der Waals surface area contributed by atoms with Crippen molar-refractivity contribution in [3.8, 4) is 5.75 Å². The number of carbonyl (C=O) groups excluding carboxylic acids is 2. The fraction of sp³-hybridized carbons (Fsp3) is 0.688. The van der Waals surface area contributed by atoms with Crippen molar-refractivity contribution in [1.29, 1.82) is 0 Å². The molecule has 0 aliphatic carbocycles. The van der Waals surface area contributed by atoms with Crippen LogP contribution in [0.2, 0.25) is 18.1 Å². The number of cyclic esters (lactones) is 1. The van der Waals surface area contributed by atoms with Crippen molar-refractivity contribution in [3.05, 3.63) is 39.5 Å². The Labute approximate surface area is 254 Å². The van der Waals surface area contributed by atoms with Crippen molar-refractivity contribution < 1.29 is 32.8 Å². The summed E-state index contributed by atoms with van der Waals surface area (Å²) < 4.78 is 36.0. The molecule has 1 fully saturated rings. The third-order valence-electron chi connectivity index (χ3n) is 8.84. The van der Waals surface area contributed by atoms with Gasteiger partial charge in [-0.1, -0.05) is 32.4 Å². The lowest BCUT2D eigenvalue weighted by Crippen LogP contribution is -2.44. The first-order chi connectivity index (χ1) is 19.5. The number of ether oxygens (including phenoxy) is 3. The topological polar surface area (TPSA) is 91.4 Å². The van der Waals surface area contributed by atoms with E-state index >= 15 is 0 Å². The lowest BCUT2D eigenvalue weighted by molar-refractivity contribution is -0.144. The monoisotopic (exact) mass is 621 g/mol. The molecule has 0 saturated carbocycles. The minimum Gasteiger partial charge on any atom is -0.543 e. The normalized spacial score (nSPS) is 16.8. The first kappa shape index (κ1) is 34.6. The number of rotatable bonds is 13. The van der Waals surface area contributed by atoms with Crippen LogP contribution in [0, 0.1) is 6.92 Å². The molecule has 1 aromatic carbocycles. The van der Waals surface area contributed by atoms with Gasteiger partial charge in [-0.3, -0.25) is 9.69 Å². The van der Waals surface area contributed by atoms with E-state index in [0.717, 1.165) is 60.7 Å². The van der Waals surface area contributed by atoms with Crippen LogP contribution in [0.4, 0.5) is 0 Å². The summed E-state index contributed by atoms with van der Waals surface area (Å²) in [6, 6.07) is 0. The Balaban J connectivity index is 1.85. The van der Waals surface area contributed by atoms with Crippen molar-refractivity contribution in [2.45, 2.75) is 85.0 Å². The van der Waals surface area contributed by atoms with Gasteiger partial charge in [-0.15, -0.1) is 0 Å². The van der Waals surface area contributed by atoms with Crippen LogP contribution in [0.5, 0.6) is 5.75 Å². The van der Waals surface area contributed by atoms with Crippen LogP contribution < -0.4 is 4.43 Å². The zero-order chi connectivity index (χ0) is 31.3. The van der Waals surface area contributed by atoms with Gasteiger partial charge in [0.15, 0.2) is 0 Å². The first-order valence-corrected chi connectivity index (χ1v) is 20.9. The molecule has 2 aliphatic heterocycles. The standard InChI is InChI=1S/C32H52NO7PSi/c1-23(11-13-28(34)38-20-17-33-15-18-37-19-16-33)10-12-26-25(14-21-41(6,7)36)24(2)27-22-39-31(35)29(27)30(26)40-42(8,9)32(3,4)5/h10H,11-22H2,1-9H3/b23-10+. The molecule has 0 bridgehead atoms. The Kier molecular flexibility index (Phi) is 11.7. The minimum atomic E-state index is -2.32. The molecule has 0 spiro atoms. The number of benzene rings is 1. The van der Waals surface area contributed by atoms with Gasteiger partial charge in [0.2, 0.25) is 0 Å². The quantitative estimate of drug-likeness (QED) is 0.109. The molecule has 42 heavy (non-hydrogen) atoms. The fourth-order valence-electron chi connectivity index (χ4n) is 4.95. The third-order valence-corrected chi connectivity index (χ3v) is 14.5. The minimum absolute atomic E-state index is 0.0683. The molecule has 0 aromatic heterocycles. The Morgan fingerprint density at radius 3 is 2.40 bits per heavy atom. The van der Waals surface area contributed by atoms with Gasteiger partial charge < -0.3 is 23.2 Å². The van der Waals surface area contributed by atoms with E-state index in [1.807, 2.05) is 27.2 Å². The van der Waals surface area contributed by atoms with Crippen LogP contribution in [-0.4, -0.2) is 84.1 Å². The molecule has 2 heterocycles. The summed E-state index contributed by atoms with van der Waals surface area (Å²) >= 11 is 0. The molecule has 8 nitrogen and oxygen atoms in total. The largest absolute Gasteiger partial charge is 0.543 e. The average Bonchev–Trinajstić information content (AvgIpc) is 3.28. The molecule has 2 aliphatic rings. The zero-order valence-corrected chi connectivity index (χ0v) is 29.2. The number of carbonyl (C=O) groups is 2. The summed E-state index contributed by atoms with van der Waals surface area (Å²) in [6.45, 7) is 23.2. The molecule has 3 rings (SSSR count). The van der Waals surface area contributed by atoms with Crippen LogP contribution >= 0.6 is 7.14 Å². The van der Waals surface area contributed by atoms with Gasteiger partial charge >= 0.3 is 11.9 Å².